The van der Waals surface area contributed by atoms with E-state index in [0.717, 1.165) is 0 Å². The van der Waals surface area contributed by atoms with Crippen LogP contribution in [0.3, 0.4) is 0 Å². The first kappa shape index (κ1) is 22.4. The van der Waals surface area contributed by atoms with Crippen molar-refractivity contribution in [2.45, 2.75) is 33.4 Å². The van der Waals surface area contributed by atoms with E-state index in [4.69, 9.17) is 20.8 Å². The number of aryl methyl sites for hydroxylation is 1. The number of H-pyrrole nitrogens is 1. The Hall–Kier alpha value is -3.32. The summed E-state index contributed by atoms with van der Waals surface area (Å²) in [4.78, 5) is 43.1. The number of esters is 1. The number of hydrogen-bond acceptors (Lipinski definition) is 5. The van der Waals surface area contributed by atoms with E-state index in [-0.39, 0.29) is 23.9 Å². The molecule has 0 spiro atoms. The van der Waals surface area contributed by atoms with Crippen molar-refractivity contribution in [2.75, 3.05) is 7.11 Å². The Kier molecular flexibility index (Phi) is 6.65. The first-order chi connectivity index (χ1) is 14.7. The van der Waals surface area contributed by atoms with Gasteiger partial charge in [0.05, 0.1) is 26.0 Å². The molecule has 31 heavy (non-hydrogen) atoms. The van der Waals surface area contributed by atoms with Gasteiger partial charge in [-0.15, -0.1) is 0 Å². The van der Waals surface area contributed by atoms with E-state index in [1.165, 1.54) is 18.3 Å². The van der Waals surface area contributed by atoms with Crippen molar-refractivity contribution >= 4 is 29.3 Å². The summed E-state index contributed by atoms with van der Waals surface area (Å²) in [5, 5.41) is 0.507. The van der Waals surface area contributed by atoms with Crippen molar-refractivity contribution in [1.82, 2.24) is 9.88 Å². The number of ketones is 1. The lowest BCUT2D eigenvalue weighted by Gasteiger charge is -2.28. The van der Waals surface area contributed by atoms with Gasteiger partial charge in [-0.05, 0) is 62.7 Å². The highest BCUT2D eigenvalue weighted by molar-refractivity contribution is 6.30. The van der Waals surface area contributed by atoms with E-state index in [1.54, 1.807) is 57.2 Å². The van der Waals surface area contributed by atoms with Crippen molar-refractivity contribution in [3.8, 4) is 0 Å². The third kappa shape index (κ3) is 4.56. The summed E-state index contributed by atoms with van der Waals surface area (Å²) in [6.07, 6.45) is 1.51. The molecule has 2 aromatic heterocycles. The summed E-state index contributed by atoms with van der Waals surface area (Å²) in [7, 11) is 1.28. The predicted molar refractivity (Wildman–Crippen MR) is 115 cm³/mol. The van der Waals surface area contributed by atoms with Gasteiger partial charge in [-0.25, -0.2) is 4.79 Å². The molecule has 7 nitrogen and oxygen atoms in total. The fraction of sp³-hybridized carbons (Fsp3) is 0.261. The normalized spacial score (nSPS) is 11.8. The summed E-state index contributed by atoms with van der Waals surface area (Å²) >= 11 is 5.94. The molecule has 3 rings (SSSR count). The van der Waals surface area contributed by atoms with Crippen LogP contribution in [-0.2, 0) is 11.3 Å². The molecule has 0 saturated carbocycles. The van der Waals surface area contributed by atoms with Gasteiger partial charge in [0.1, 0.15) is 11.5 Å². The molecule has 1 aromatic carbocycles. The fourth-order valence-electron chi connectivity index (χ4n) is 3.49. The van der Waals surface area contributed by atoms with Gasteiger partial charge in [0.15, 0.2) is 5.78 Å². The fourth-order valence-corrected chi connectivity index (χ4v) is 3.62. The number of ether oxygens (including phenoxy) is 1. The lowest BCUT2D eigenvalue weighted by molar-refractivity contribution is 0.0590. The predicted octanol–water partition coefficient (Wildman–Crippen LogP) is 4.58. The van der Waals surface area contributed by atoms with Crippen LogP contribution in [0.5, 0.6) is 0 Å². The minimum absolute atomic E-state index is 0.105. The van der Waals surface area contributed by atoms with Crippen molar-refractivity contribution in [3.05, 3.63) is 81.5 Å². The lowest BCUT2D eigenvalue weighted by Crippen LogP contribution is -2.43. The molecule has 1 atom stereocenters. The maximum absolute atomic E-state index is 13.5. The number of aromatic nitrogens is 1. The molecule has 1 N–H and O–H groups in total. The summed E-state index contributed by atoms with van der Waals surface area (Å²) in [6, 6.07) is 9.09. The minimum atomic E-state index is -0.827. The Morgan fingerprint density at radius 1 is 1.16 bits per heavy atom. The molecule has 3 aromatic rings. The molecule has 0 aliphatic carbocycles. The Morgan fingerprint density at radius 2 is 1.84 bits per heavy atom. The zero-order valence-electron chi connectivity index (χ0n) is 17.7. The first-order valence-electron chi connectivity index (χ1n) is 9.65. The molecular formula is C23H23ClN2O5. The van der Waals surface area contributed by atoms with Gasteiger partial charge in [0.2, 0.25) is 0 Å². The summed E-state index contributed by atoms with van der Waals surface area (Å²) in [6.45, 7) is 5.14. The smallest absolute Gasteiger partial charge is 0.354 e. The Bertz CT molecular complexity index is 1100. The van der Waals surface area contributed by atoms with E-state index >= 15 is 0 Å². The van der Waals surface area contributed by atoms with E-state index in [2.05, 4.69) is 4.98 Å². The molecule has 0 bridgehead atoms. The van der Waals surface area contributed by atoms with Gasteiger partial charge in [0.25, 0.3) is 5.91 Å². The van der Waals surface area contributed by atoms with Gasteiger partial charge in [-0.2, -0.15) is 0 Å². The number of hydrogen-bond donors (Lipinski definition) is 1. The number of halogens is 1. The van der Waals surface area contributed by atoms with E-state index in [9.17, 15) is 14.4 Å². The number of furan rings is 1. The topological polar surface area (TPSA) is 92.6 Å². The van der Waals surface area contributed by atoms with Crippen LogP contribution in [0.2, 0.25) is 5.02 Å². The Balaban J connectivity index is 1.98. The first-order valence-corrected chi connectivity index (χ1v) is 10.0. The van der Waals surface area contributed by atoms with Crippen molar-refractivity contribution in [3.63, 3.8) is 0 Å². The molecule has 0 aliphatic rings. The lowest BCUT2D eigenvalue weighted by atomic mass is 9.99. The Labute approximate surface area is 184 Å². The number of carbonyl (C=O) groups is 3. The second-order valence-corrected chi connectivity index (χ2v) is 7.61. The van der Waals surface area contributed by atoms with Crippen molar-refractivity contribution in [2.24, 2.45) is 0 Å². The van der Waals surface area contributed by atoms with Crippen LogP contribution in [-0.4, -0.2) is 40.7 Å². The van der Waals surface area contributed by atoms with E-state index in [1.807, 2.05) is 0 Å². The molecule has 0 aliphatic heterocycles. The molecule has 1 amide bonds. The summed E-state index contributed by atoms with van der Waals surface area (Å²) < 4.78 is 10.2. The van der Waals surface area contributed by atoms with Crippen LogP contribution in [0.4, 0.5) is 0 Å². The number of rotatable bonds is 7. The van der Waals surface area contributed by atoms with Gasteiger partial charge in [-0.1, -0.05) is 11.6 Å². The second-order valence-electron chi connectivity index (χ2n) is 7.18. The minimum Gasteiger partial charge on any atom is -0.467 e. The number of benzene rings is 1. The highest BCUT2D eigenvalue weighted by atomic mass is 35.5. The Morgan fingerprint density at radius 3 is 2.42 bits per heavy atom. The molecule has 0 fully saturated rings. The van der Waals surface area contributed by atoms with E-state index < -0.39 is 12.0 Å². The number of nitrogens with zero attached hydrogens (tertiary/aromatic N) is 1. The SMILES string of the molecule is COC(=O)c1[nH]c(C)c(C(=O)C(C)N(Cc2ccco2)C(=O)c2ccc(Cl)cc2)c1C. The summed E-state index contributed by atoms with van der Waals surface area (Å²) in [5.74, 6) is -0.653. The number of aromatic amines is 1. The third-order valence-corrected chi connectivity index (χ3v) is 5.43. The molecule has 2 heterocycles. The molecular weight excluding hydrogens is 420 g/mol. The largest absolute Gasteiger partial charge is 0.467 e. The number of carbonyl (C=O) groups excluding carboxylic acids is 3. The third-order valence-electron chi connectivity index (χ3n) is 5.18. The second kappa shape index (κ2) is 9.22. The number of amides is 1. The average molecular weight is 443 g/mol. The molecule has 0 radical (unpaired) electrons. The van der Waals surface area contributed by atoms with Crippen LogP contribution < -0.4 is 0 Å². The maximum Gasteiger partial charge on any atom is 0.354 e. The van der Waals surface area contributed by atoms with E-state index in [0.29, 0.717) is 33.2 Å². The summed E-state index contributed by atoms with van der Waals surface area (Å²) in [5.41, 5.74) is 2.00. The zero-order valence-corrected chi connectivity index (χ0v) is 18.4. The highest BCUT2D eigenvalue weighted by Crippen LogP contribution is 2.24. The van der Waals surface area contributed by atoms with Gasteiger partial charge in [0, 0.05) is 21.8 Å². The van der Waals surface area contributed by atoms with Gasteiger partial charge in [-0.3, -0.25) is 9.59 Å². The van der Waals surface area contributed by atoms with Crippen LogP contribution in [0, 0.1) is 13.8 Å². The standard InChI is InChI=1S/C23H23ClN2O5/c1-13-19(14(2)25-20(13)23(29)30-4)21(27)15(3)26(12-18-6-5-11-31-18)22(28)16-7-9-17(24)10-8-16/h5-11,15,25H,12H2,1-4H3. The number of Topliss-reactive ketones (excluding diaryl/α,β-unsaturated/α-hetero) is 1. The van der Waals surface area contributed by atoms with Crippen LogP contribution in [0.25, 0.3) is 0 Å². The molecule has 0 saturated heterocycles. The average Bonchev–Trinajstić information content (AvgIpc) is 3.38. The van der Waals surface area contributed by atoms with Crippen molar-refractivity contribution in [1.29, 1.82) is 0 Å². The molecule has 8 heteroatoms. The maximum atomic E-state index is 13.5. The number of methoxy groups -OCH3 is 1. The van der Waals surface area contributed by atoms with Crippen LogP contribution in [0.15, 0.2) is 47.1 Å². The highest BCUT2D eigenvalue weighted by Gasteiger charge is 2.32. The molecule has 162 valence electrons. The zero-order chi connectivity index (χ0) is 22.7. The van der Waals surface area contributed by atoms with Crippen molar-refractivity contribution < 1.29 is 23.5 Å². The van der Waals surface area contributed by atoms with Crippen LogP contribution >= 0.6 is 11.6 Å². The monoisotopic (exact) mass is 442 g/mol. The van der Waals surface area contributed by atoms with Gasteiger partial charge >= 0.3 is 5.97 Å². The molecule has 1 unspecified atom stereocenters. The quantitative estimate of drug-likeness (QED) is 0.427. The van der Waals surface area contributed by atoms with Gasteiger partial charge < -0.3 is 19.0 Å². The van der Waals surface area contributed by atoms with Crippen LogP contribution in [0.1, 0.15) is 55.1 Å². The number of nitrogens with one attached hydrogen (secondary N) is 1.